The van der Waals surface area contributed by atoms with Crippen molar-refractivity contribution in [3.05, 3.63) is 52.1 Å². The quantitative estimate of drug-likeness (QED) is 0.385. The number of fused-ring (bicyclic) bond motifs is 1. The van der Waals surface area contributed by atoms with Crippen molar-refractivity contribution >= 4 is 34.8 Å². The van der Waals surface area contributed by atoms with Crippen LogP contribution in [0.4, 0.5) is 17.6 Å². The maximum absolute atomic E-state index is 14.6. The summed E-state index contributed by atoms with van der Waals surface area (Å²) in [5.74, 6) is -1.60. The van der Waals surface area contributed by atoms with Crippen molar-refractivity contribution in [3.63, 3.8) is 0 Å². The van der Waals surface area contributed by atoms with Crippen LogP contribution in [0.1, 0.15) is 12.6 Å². The minimum absolute atomic E-state index is 0.0724. The lowest BCUT2D eigenvalue weighted by Gasteiger charge is -2.16. The number of pyridine rings is 1. The molecule has 154 valence electrons. The summed E-state index contributed by atoms with van der Waals surface area (Å²) in [6, 6.07) is 2.73. The van der Waals surface area contributed by atoms with Gasteiger partial charge in [0.2, 0.25) is 0 Å². The Morgan fingerprint density at radius 3 is 2.59 bits per heavy atom. The van der Waals surface area contributed by atoms with E-state index in [0.29, 0.717) is 6.07 Å². The molecule has 0 aliphatic heterocycles. The Kier molecular flexibility index (Phi) is 5.90. The second-order valence-corrected chi connectivity index (χ2v) is 6.54. The largest absolute Gasteiger partial charge is 0.480 e. The number of benzene rings is 1. The van der Waals surface area contributed by atoms with Gasteiger partial charge in [0, 0.05) is 23.5 Å². The van der Waals surface area contributed by atoms with Gasteiger partial charge < -0.3 is 9.47 Å². The van der Waals surface area contributed by atoms with Crippen molar-refractivity contribution in [3.8, 4) is 16.9 Å². The van der Waals surface area contributed by atoms with Crippen LogP contribution in [0.2, 0.25) is 10.0 Å². The SMILES string of the molecule is CCOC(=O)COc1cc(-c2c(Cl)cc(C(F)(F)F)n3ccnc23)c(F)cc1Cl. The molecule has 0 saturated carbocycles. The lowest BCUT2D eigenvalue weighted by atomic mass is 10.0. The highest BCUT2D eigenvalue weighted by Gasteiger charge is 2.35. The van der Waals surface area contributed by atoms with E-state index in [1.54, 1.807) is 6.92 Å². The molecule has 0 N–H and O–H groups in total. The van der Waals surface area contributed by atoms with E-state index in [0.717, 1.165) is 28.9 Å². The molecule has 0 bridgehead atoms. The molecular weight excluding hydrogens is 439 g/mol. The molecule has 0 saturated heterocycles. The average Bonchev–Trinajstić information content (AvgIpc) is 3.09. The smallest absolute Gasteiger partial charge is 0.431 e. The minimum Gasteiger partial charge on any atom is -0.480 e. The predicted octanol–water partition coefficient (Wildman–Crippen LogP) is 5.41. The van der Waals surface area contributed by atoms with Crippen molar-refractivity contribution in [2.24, 2.45) is 0 Å². The van der Waals surface area contributed by atoms with E-state index in [1.807, 2.05) is 0 Å². The van der Waals surface area contributed by atoms with Gasteiger partial charge >= 0.3 is 12.1 Å². The van der Waals surface area contributed by atoms with Crippen LogP contribution >= 0.6 is 23.2 Å². The third-order valence-electron chi connectivity index (χ3n) is 3.86. The van der Waals surface area contributed by atoms with E-state index in [2.05, 4.69) is 4.98 Å². The number of hydrogen-bond acceptors (Lipinski definition) is 4. The highest BCUT2D eigenvalue weighted by atomic mass is 35.5. The number of alkyl halides is 3. The van der Waals surface area contributed by atoms with Crippen LogP contribution in [-0.4, -0.2) is 28.6 Å². The lowest BCUT2D eigenvalue weighted by Crippen LogP contribution is -2.15. The Hall–Kier alpha value is -2.52. The molecule has 11 heteroatoms. The molecule has 3 aromatic rings. The molecule has 0 spiro atoms. The van der Waals surface area contributed by atoms with E-state index in [4.69, 9.17) is 32.7 Å². The van der Waals surface area contributed by atoms with Crippen LogP contribution in [0.3, 0.4) is 0 Å². The van der Waals surface area contributed by atoms with E-state index in [-0.39, 0.29) is 39.2 Å². The van der Waals surface area contributed by atoms with Crippen LogP contribution < -0.4 is 4.74 Å². The second-order valence-electron chi connectivity index (χ2n) is 5.73. The topological polar surface area (TPSA) is 52.8 Å². The minimum atomic E-state index is -4.70. The molecule has 5 nitrogen and oxygen atoms in total. The zero-order valence-corrected chi connectivity index (χ0v) is 16.2. The summed E-state index contributed by atoms with van der Waals surface area (Å²) >= 11 is 12.0. The van der Waals surface area contributed by atoms with Crippen molar-refractivity contribution in [1.29, 1.82) is 0 Å². The first-order chi connectivity index (χ1) is 13.6. The average molecular weight is 451 g/mol. The molecule has 0 aliphatic carbocycles. The second kappa shape index (κ2) is 8.08. The van der Waals surface area contributed by atoms with E-state index < -0.39 is 30.3 Å². The van der Waals surface area contributed by atoms with Gasteiger partial charge in [-0.05, 0) is 25.1 Å². The highest BCUT2D eigenvalue weighted by molar-refractivity contribution is 6.34. The molecule has 0 aliphatic rings. The molecule has 2 heterocycles. The Labute approximate surface area is 171 Å². The molecule has 0 fully saturated rings. The summed E-state index contributed by atoms with van der Waals surface area (Å²) in [5.41, 5.74) is -1.54. The van der Waals surface area contributed by atoms with Crippen LogP contribution in [-0.2, 0) is 15.7 Å². The Morgan fingerprint density at radius 1 is 1.21 bits per heavy atom. The van der Waals surface area contributed by atoms with Crippen molar-refractivity contribution < 1.29 is 31.8 Å². The number of halogens is 6. The third-order valence-corrected chi connectivity index (χ3v) is 4.45. The number of ether oxygens (including phenoxy) is 2. The monoisotopic (exact) mass is 450 g/mol. The molecule has 0 radical (unpaired) electrons. The number of rotatable bonds is 5. The van der Waals surface area contributed by atoms with Crippen LogP contribution in [0.5, 0.6) is 5.75 Å². The van der Waals surface area contributed by atoms with E-state index >= 15 is 0 Å². The first-order valence-electron chi connectivity index (χ1n) is 8.14. The fourth-order valence-corrected chi connectivity index (χ4v) is 3.18. The summed E-state index contributed by atoms with van der Waals surface area (Å²) in [6.45, 7) is 1.27. The van der Waals surface area contributed by atoms with Gasteiger partial charge in [0.1, 0.15) is 22.9 Å². The zero-order chi connectivity index (χ0) is 21.3. The molecule has 0 amide bonds. The molecule has 0 atom stereocenters. The lowest BCUT2D eigenvalue weighted by molar-refractivity contribution is -0.145. The van der Waals surface area contributed by atoms with Gasteiger partial charge in [0.05, 0.1) is 16.7 Å². The van der Waals surface area contributed by atoms with Gasteiger partial charge in [-0.3, -0.25) is 4.40 Å². The molecular formula is C18H12Cl2F4N2O3. The van der Waals surface area contributed by atoms with Gasteiger partial charge in [-0.15, -0.1) is 0 Å². The Morgan fingerprint density at radius 2 is 1.93 bits per heavy atom. The maximum Gasteiger partial charge on any atom is 0.431 e. The molecule has 29 heavy (non-hydrogen) atoms. The predicted molar refractivity (Wildman–Crippen MR) is 97.7 cm³/mol. The summed E-state index contributed by atoms with van der Waals surface area (Å²) < 4.78 is 65.2. The zero-order valence-electron chi connectivity index (χ0n) is 14.7. The van der Waals surface area contributed by atoms with Crippen LogP contribution in [0.15, 0.2) is 30.6 Å². The number of carbonyl (C=O) groups excluding carboxylic acids is 1. The standard InChI is InChI=1S/C18H12Cl2F4N2O3/c1-2-28-15(27)8-29-13-5-9(12(21)6-10(13)19)16-11(20)7-14(18(22,23)24)26-4-3-25-17(16)26/h3-7H,2,8H2,1H3. The van der Waals surface area contributed by atoms with Crippen molar-refractivity contribution in [2.75, 3.05) is 13.2 Å². The molecule has 2 aromatic heterocycles. The first kappa shape index (κ1) is 21.2. The number of aromatic nitrogens is 2. The van der Waals surface area contributed by atoms with E-state index in [1.165, 1.54) is 0 Å². The third kappa shape index (κ3) is 4.25. The molecule has 1 aromatic carbocycles. The maximum atomic E-state index is 14.6. The van der Waals surface area contributed by atoms with Crippen molar-refractivity contribution in [1.82, 2.24) is 9.38 Å². The van der Waals surface area contributed by atoms with Crippen molar-refractivity contribution in [2.45, 2.75) is 13.1 Å². The van der Waals surface area contributed by atoms with Gasteiger partial charge in [-0.25, -0.2) is 14.2 Å². The fourth-order valence-electron chi connectivity index (χ4n) is 2.69. The Balaban J connectivity index is 2.13. The van der Waals surface area contributed by atoms with Gasteiger partial charge in [0.25, 0.3) is 0 Å². The fraction of sp³-hybridized carbons (Fsp3) is 0.222. The van der Waals surface area contributed by atoms with Crippen LogP contribution in [0.25, 0.3) is 16.8 Å². The molecule has 3 rings (SSSR count). The summed E-state index contributed by atoms with van der Waals surface area (Å²) in [6.07, 6.45) is -2.48. The number of imidazole rings is 1. The van der Waals surface area contributed by atoms with E-state index in [9.17, 15) is 22.4 Å². The number of nitrogens with zero attached hydrogens (tertiary/aromatic N) is 2. The Bertz CT molecular complexity index is 1080. The molecule has 0 unspecified atom stereocenters. The normalized spacial score (nSPS) is 11.7. The first-order valence-corrected chi connectivity index (χ1v) is 8.89. The number of esters is 1. The summed E-state index contributed by atoms with van der Waals surface area (Å²) in [7, 11) is 0. The van der Waals surface area contributed by atoms with Crippen LogP contribution in [0, 0.1) is 5.82 Å². The summed E-state index contributed by atoms with van der Waals surface area (Å²) in [4.78, 5) is 15.4. The summed E-state index contributed by atoms with van der Waals surface area (Å²) in [5, 5.41) is -0.508. The number of carbonyl (C=O) groups is 1. The number of hydrogen-bond donors (Lipinski definition) is 0. The highest BCUT2D eigenvalue weighted by Crippen LogP contribution is 2.41. The van der Waals surface area contributed by atoms with Gasteiger partial charge in [-0.1, -0.05) is 23.2 Å². The van der Waals surface area contributed by atoms with Gasteiger partial charge in [0.15, 0.2) is 6.61 Å². The van der Waals surface area contributed by atoms with Gasteiger partial charge in [-0.2, -0.15) is 13.2 Å².